The summed E-state index contributed by atoms with van der Waals surface area (Å²) in [5, 5.41) is 22.6. The van der Waals surface area contributed by atoms with Crippen molar-refractivity contribution in [3.63, 3.8) is 0 Å². The van der Waals surface area contributed by atoms with Crippen molar-refractivity contribution in [3.05, 3.63) is 71.1 Å². The Morgan fingerprint density at radius 1 is 1.14 bits per heavy atom. The first-order valence-corrected chi connectivity index (χ1v) is 10.0. The first kappa shape index (κ1) is 22.4. The van der Waals surface area contributed by atoms with Crippen LogP contribution < -0.4 is 0 Å². The number of aliphatic hydroxyl groups is 2. The van der Waals surface area contributed by atoms with Crippen molar-refractivity contribution < 1.29 is 14.7 Å². The van der Waals surface area contributed by atoms with Crippen LogP contribution in [-0.4, -0.2) is 31.5 Å². The van der Waals surface area contributed by atoms with E-state index in [9.17, 15) is 5.11 Å². The van der Waals surface area contributed by atoms with Gasteiger partial charge in [-0.2, -0.15) is 0 Å². The van der Waals surface area contributed by atoms with Crippen LogP contribution in [0.15, 0.2) is 47.2 Å². The number of aliphatic hydroxyl groups excluding tert-OH is 2. The van der Waals surface area contributed by atoms with Crippen molar-refractivity contribution in [1.29, 1.82) is 0 Å². The summed E-state index contributed by atoms with van der Waals surface area (Å²) in [7, 11) is 0. The van der Waals surface area contributed by atoms with Crippen LogP contribution in [0.5, 0.6) is 0 Å². The number of benzene rings is 1. The number of hydrogen-bond acceptors (Lipinski definition) is 5. The lowest BCUT2D eigenvalue weighted by Gasteiger charge is -2.07. The summed E-state index contributed by atoms with van der Waals surface area (Å²) in [6, 6.07) is 9.88. The van der Waals surface area contributed by atoms with Gasteiger partial charge in [-0.3, -0.25) is 0 Å². The average Bonchev–Trinajstić information content (AvgIpc) is 3.39. The molecular weight excluding hydrogens is 366 g/mol. The fraction of sp³-hybridized carbons (Fsp3) is 0.391. The van der Waals surface area contributed by atoms with Crippen LogP contribution in [0.25, 0.3) is 0 Å². The average molecular weight is 396 g/mol. The SMILES string of the molecule is CC.C[C@H](O)c1nccn1Cc1cc(C#Cc2ccc(CCCCO)cc2)on1. The molecular formula is C23H29N3O3. The predicted octanol–water partition coefficient (Wildman–Crippen LogP) is 3.71. The molecule has 0 aliphatic rings. The van der Waals surface area contributed by atoms with E-state index in [1.807, 2.05) is 30.5 Å². The first-order valence-electron chi connectivity index (χ1n) is 10.0. The Morgan fingerprint density at radius 3 is 2.59 bits per heavy atom. The fourth-order valence-corrected chi connectivity index (χ4v) is 2.77. The summed E-state index contributed by atoms with van der Waals surface area (Å²) in [4.78, 5) is 4.14. The zero-order valence-corrected chi connectivity index (χ0v) is 17.3. The van der Waals surface area contributed by atoms with Crippen molar-refractivity contribution in [2.45, 2.75) is 52.7 Å². The molecule has 2 aromatic heterocycles. The predicted molar refractivity (Wildman–Crippen MR) is 112 cm³/mol. The van der Waals surface area contributed by atoms with Gasteiger partial charge in [0.1, 0.15) is 17.6 Å². The van der Waals surface area contributed by atoms with Gasteiger partial charge in [-0.1, -0.05) is 37.1 Å². The molecule has 2 heterocycles. The monoisotopic (exact) mass is 395 g/mol. The van der Waals surface area contributed by atoms with Crippen molar-refractivity contribution in [3.8, 4) is 11.8 Å². The van der Waals surface area contributed by atoms with Gasteiger partial charge in [0.25, 0.3) is 0 Å². The molecule has 0 unspecified atom stereocenters. The normalized spacial score (nSPS) is 11.2. The molecule has 6 nitrogen and oxygen atoms in total. The van der Waals surface area contributed by atoms with E-state index in [2.05, 4.69) is 34.1 Å². The standard InChI is InChI=1S/C21H23N3O3.C2H6/c1-16(26)21-22-11-12-24(21)15-19-14-20(27-23-19)10-9-18-7-5-17(6-8-18)4-2-3-13-25;1-2/h5-8,11-12,14,16,25-26H,2-4,13,15H2,1H3;1-2H3/t16-;/m0./s1. The lowest BCUT2D eigenvalue weighted by molar-refractivity contribution is 0.184. The molecule has 1 aromatic carbocycles. The molecule has 3 rings (SSSR count). The highest BCUT2D eigenvalue weighted by molar-refractivity contribution is 5.40. The molecule has 0 aliphatic heterocycles. The number of rotatable bonds is 7. The molecule has 0 fully saturated rings. The van der Waals surface area contributed by atoms with Gasteiger partial charge in [0.05, 0.1) is 6.54 Å². The molecule has 0 saturated heterocycles. The highest BCUT2D eigenvalue weighted by atomic mass is 16.5. The number of imidazole rings is 1. The maximum absolute atomic E-state index is 9.71. The maximum atomic E-state index is 9.71. The number of unbranched alkanes of at least 4 members (excludes halogenated alkanes) is 1. The number of aromatic nitrogens is 3. The molecule has 2 N–H and O–H groups in total. The second kappa shape index (κ2) is 11.8. The molecule has 1 atom stereocenters. The van der Waals surface area contributed by atoms with E-state index in [-0.39, 0.29) is 6.61 Å². The minimum absolute atomic E-state index is 0.240. The van der Waals surface area contributed by atoms with Crippen molar-refractivity contribution in [2.75, 3.05) is 6.61 Å². The summed E-state index contributed by atoms with van der Waals surface area (Å²) in [6.07, 6.45) is 5.57. The second-order valence-electron chi connectivity index (χ2n) is 6.40. The second-order valence-corrected chi connectivity index (χ2v) is 6.40. The molecule has 0 amide bonds. The summed E-state index contributed by atoms with van der Waals surface area (Å²) >= 11 is 0. The van der Waals surface area contributed by atoms with E-state index in [0.717, 1.165) is 30.5 Å². The third kappa shape index (κ3) is 6.90. The first-order chi connectivity index (χ1) is 14.2. The number of nitrogens with zero attached hydrogens (tertiary/aromatic N) is 3. The van der Waals surface area contributed by atoms with Gasteiger partial charge in [0.2, 0.25) is 5.76 Å². The summed E-state index contributed by atoms with van der Waals surface area (Å²) < 4.78 is 7.11. The lowest BCUT2D eigenvalue weighted by Crippen LogP contribution is -2.07. The molecule has 0 aliphatic carbocycles. The Bertz CT molecular complexity index is 915. The van der Waals surface area contributed by atoms with Gasteiger partial charge in [-0.25, -0.2) is 4.98 Å². The topological polar surface area (TPSA) is 84.3 Å². The third-order valence-corrected chi connectivity index (χ3v) is 4.17. The fourth-order valence-electron chi connectivity index (χ4n) is 2.77. The lowest BCUT2D eigenvalue weighted by atomic mass is 10.1. The van der Waals surface area contributed by atoms with Crippen LogP contribution in [0.1, 0.15) is 68.1 Å². The summed E-state index contributed by atoms with van der Waals surface area (Å²) in [6.45, 7) is 6.38. The van der Waals surface area contributed by atoms with Crippen molar-refractivity contribution in [1.82, 2.24) is 14.7 Å². The largest absolute Gasteiger partial charge is 0.396 e. The molecule has 3 aromatic rings. The Morgan fingerprint density at radius 2 is 1.90 bits per heavy atom. The van der Waals surface area contributed by atoms with Gasteiger partial charge in [0.15, 0.2) is 0 Å². The number of aryl methyl sites for hydroxylation is 1. The highest BCUT2D eigenvalue weighted by Crippen LogP contribution is 2.12. The van der Waals surface area contributed by atoms with E-state index in [1.54, 1.807) is 25.4 Å². The van der Waals surface area contributed by atoms with E-state index >= 15 is 0 Å². The van der Waals surface area contributed by atoms with E-state index in [1.165, 1.54) is 5.56 Å². The molecule has 6 heteroatoms. The number of hydrogen-bond donors (Lipinski definition) is 2. The zero-order chi connectivity index (χ0) is 21.1. The molecule has 0 spiro atoms. The molecule has 29 heavy (non-hydrogen) atoms. The van der Waals surface area contributed by atoms with Gasteiger partial charge >= 0.3 is 0 Å². The Kier molecular flexibility index (Phi) is 9.16. The van der Waals surface area contributed by atoms with Crippen molar-refractivity contribution in [2.24, 2.45) is 0 Å². The van der Waals surface area contributed by atoms with Crippen LogP contribution in [-0.2, 0) is 13.0 Å². The Labute approximate surface area is 172 Å². The summed E-state index contributed by atoms with van der Waals surface area (Å²) in [5.41, 5.74) is 2.87. The minimum atomic E-state index is -0.641. The van der Waals surface area contributed by atoms with Crippen LogP contribution in [0, 0.1) is 11.8 Å². The smallest absolute Gasteiger partial charge is 0.210 e. The van der Waals surface area contributed by atoms with Gasteiger partial charge in [0, 0.05) is 30.6 Å². The Balaban J connectivity index is 0.00000145. The molecule has 0 saturated carbocycles. The van der Waals surface area contributed by atoms with E-state index in [0.29, 0.717) is 18.1 Å². The molecule has 154 valence electrons. The van der Waals surface area contributed by atoms with Crippen LogP contribution in [0.2, 0.25) is 0 Å². The third-order valence-electron chi connectivity index (χ3n) is 4.17. The van der Waals surface area contributed by atoms with Crippen LogP contribution in [0.3, 0.4) is 0 Å². The van der Waals surface area contributed by atoms with Gasteiger partial charge in [-0.15, -0.1) is 0 Å². The molecule has 0 bridgehead atoms. The van der Waals surface area contributed by atoms with Gasteiger partial charge < -0.3 is 19.3 Å². The summed E-state index contributed by atoms with van der Waals surface area (Å²) in [5.74, 6) is 7.14. The minimum Gasteiger partial charge on any atom is -0.396 e. The van der Waals surface area contributed by atoms with E-state index in [4.69, 9.17) is 9.63 Å². The van der Waals surface area contributed by atoms with E-state index < -0.39 is 6.10 Å². The zero-order valence-electron chi connectivity index (χ0n) is 17.3. The van der Waals surface area contributed by atoms with Crippen LogP contribution >= 0.6 is 0 Å². The highest BCUT2D eigenvalue weighted by Gasteiger charge is 2.10. The van der Waals surface area contributed by atoms with Gasteiger partial charge in [-0.05, 0) is 49.8 Å². The Hall–Kier alpha value is -2.88. The van der Waals surface area contributed by atoms with Crippen LogP contribution in [0.4, 0.5) is 0 Å². The molecule has 0 radical (unpaired) electrons. The quantitative estimate of drug-likeness (QED) is 0.471. The maximum Gasteiger partial charge on any atom is 0.210 e. The van der Waals surface area contributed by atoms with Crippen molar-refractivity contribution >= 4 is 0 Å².